The number of carboxylic acids is 1. The van der Waals surface area contributed by atoms with Crippen LogP contribution in [-0.2, 0) is 9.59 Å². The summed E-state index contributed by atoms with van der Waals surface area (Å²) in [6.45, 7) is 0. The normalized spacial score (nSPS) is 28.6. The van der Waals surface area contributed by atoms with Gasteiger partial charge in [-0.05, 0) is 25.7 Å². The van der Waals surface area contributed by atoms with Crippen molar-refractivity contribution in [2.45, 2.75) is 57.4 Å². The Morgan fingerprint density at radius 3 is 2.11 bits per heavy atom. The summed E-state index contributed by atoms with van der Waals surface area (Å²) in [6, 6.07) is 0.246. The summed E-state index contributed by atoms with van der Waals surface area (Å²) >= 11 is 0. The van der Waals surface area contributed by atoms with Crippen LogP contribution in [-0.4, -0.2) is 23.0 Å². The first-order valence-corrected chi connectivity index (χ1v) is 7.36. The molecule has 106 valence electrons. The fourth-order valence-electron chi connectivity index (χ4n) is 3.11. The van der Waals surface area contributed by atoms with Gasteiger partial charge in [0.15, 0.2) is 0 Å². The van der Waals surface area contributed by atoms with Crippen molar-refractivity contribution in [3.8, 4) is 0 Å². The van der Waals surface area contributed by atoms with E-state index in [0.717, 1.165) is 25.7 Å². The van der Waals surface area contributed by atoms with E-state index in [0.29, 0.717) is 12.8 Å². The van der Waals surface area contributed by atoms with Gasteiger partial charge in [0.1, 0.15) is 0 Å². The van der Waals surface area contributed by atoms with E-state index in [1.165, 1.54) is 12.8 Å². The Hall–Kier alpha value is -1.32. The minimum atomic E-state index is -0.856. The summed E-state index contributed by atoms with van der Waals surface area (Å²) < 4.78 is 0. The molecule has 4 nitrogen and oxygen atoms in total. The van der Waals surface area contributed by atoms with Gasteiger partial charge in [0.2, 0.25) is 5.91 Å². The molecule has 4 heteroatoms. The first-order chi connectivity index (χ1) is 9.18. The molecule has 0 radical (unpaired) electrons. The quantitative estimate of drug-likeness (QED) is 0.608. The van der Waals surface area contributed by atoms with E-state index < -0.39 is 17.8 Å². The predicted molar refractivity (Wildman–Crippen MR) is 72.6 cm³/mol. The molecular weight excluding hydrogens is 242 g/mol. The maximum absolute atomic E-state index is 12.3. The van der Waals surface area contributed by atoms with Crippen molar-refractivity contribution in [1.82, 2.24) is 5.32 Å². The van der Waals surface area contributed by atoms with Crippen LogP contribution in [0, 0.1) is 11.8 Å². The fraction of sp³-hybridized carbons (Fsp3) is 0.733. The zero-order chi connectivity index (χ0) is 13.7. The second-order valence-corrected chi connectivity index (χ2v) is 5.69. The van der Waals surface area contributed by atoms with Crippen molar-refractivity contribution < 1.29 is 14.7 Å². The molecular formula is C15H23NO3. The van der Waals surface area contributed by atoms with Gasteiger partial charge in [-0.1, -0.05) is 37.8 Å². The number of nitrogens with one attached hydrogen (secondary N) is 1. The lowest BCUT2D eigenvalue weighted by Gasteiger charge is -2.26. The molecule has 0 aromatic heterocycles. The number of hydrogen-bond acceptors (Lipinski definition) is 2. The summed E-state index contributed by atoms with van der Waals surface area (Å²) in [4.78, 5) is 23.5. The molecule has 0 heterocycles. The van der Waals surface area contributed by atoms with Gasteiger partial charge in [-0.2, -0.15) is 0 Å². The third kappa shape index (κ3) is 3.82. The fourth-order valence-corrected chi connectivity index (χ4v) is 3.11. The highest BCUT2D eigenvalue weighted by Gasteiger charge is 2.34. The highest BCUT2D eigenvalue weighted by molar-refractivity contribution is 5.85. The lowest BCUT2D eigenvalue weighted by Crippen LogP contribution is -2.43. The third-order valence-electron chi connectivity index (χ3n) is 4.29. The van der Waals surface area contributed by atoms with Crippen molar-refractivity contribution in [2.24, 2.45) is 11.8 Å². The molecule has 2 rings (SSSR count). The molecule has 0 spiro atoms. The minimum Gasteiger partial charge on any atom is -0.481 e. The third-order valence-corrected chi connectivity index (χ3v) is 4.29. The molecule has 1 fully saturated rings. The smallest absolute Gasteiger partial charge is 0.307 e. The zero-order valence-corrected chi connectivity index (χ0v) is 11.3. The largest absolute Gasteiger partial charge is 0.481 e. The van der Waals surface area contributed by atoms with Gasteiger partial charge in [0.05, 0.1) is 11.8 Å². The molecule has 0 aliphatic heterocycles. The summed E-state index contributed by atoms with van der Waals surface area (Å²) in [7, 11) is 0. The van der Waals surface area contributed by atoms with E-state index in [9.17, 15) is 14.7 Å². The van der Waals surface area contributed by atoms with Crippen molar-refractivity contribution in [1.29, 1.82) is 0 Å². The molecule has 2 N–H and O–H groups in total. The van der Waals surface area contributed by atoms with Gasteiger partial charge < -0.3 is 10.4 Å². The van der Waals surface area contributed by atoms with Gasteiger partial charge in [0.25, 0.3) is 0 Å². The van der Waals surface area contributed by atoms with E-state index in [2.05, 4.69) is 5.32 Å². The molecule has 0 bridgehead atoms. The number of carboxylic acid groups (broad SMARTS) is 1. The lowest BCUT2D eigenvalue weighted by molar-refractivity contribution is -0.147. The van der Waals surface area contributed by atoms with Gasteiger partial charge in [-0.15, -0.1) is 0 Å². The molecule has 0 aromatic carbocycles. The molecule has 2 atom stereocenters. The van der Waals surface area contributed by atoms with Crippen LogP contribution in [0.3, 0.4) is 0 Å². The predicted octanol–water partition coefficient (Wildman–Crippen LogP) is 2.49. The highest BCUT2D eigenvalue weighted by Crippen LogP contribution is 2.27. The monoisotopic (exact) mass is 265 g/mol. The van der Waals surface area contributed by atoms with Gasteiger partial charge >= 0.3 is 5.97 Å². The number of allylic oxidation sites excluding steroid dienone is 2. The van der Waals surface area contributed by atoms with Gasteiger partial charge in [-0.3, -0.25) is 9.59 Å². The second kappa shape index (κ2) is 6.73. The Labute approximate surface area is 114 Å². The second-order valence-electron chi connectivity index (χ2n) is 5.69. The Balaban J connectivity index is 1.93. The van der Waals surface area contributed by atoms with E-state index in [4.69, 9.17) is 0 Å². The maximum Gasteiger partial charge on any atom is 0.307 e. The first kappa shape index (κ1) is 14.1. The van der Waals surface area contributed by atoms with Crippen LogP contribution in [0.15, 0.2) is 12.2 Å². The molecule has 0 saturated heterocycles. The molecule has 1 amide bonds. The number of carbonyl (C=O) groups excluding carboxylic acids is 1. The molecule has 0 aromatic rings. The van der Waals surface area contributed by atoms with Crippen molar-refractivity contribution in [3.63, 3.8) is 0 Å². The van der Waals surface area contributed by atoms with Crippen LogP contribution in [0.5, 0.6) is 0 Å². The first-order valence-electron chi connectivity index (χ1n) is 7.36. The van der Waals surface area contributed by atoms with E-state index in [-0.39, 0.29) is 11.9 Å². The summed E-state index contributed by atoms with van der Waals surface area (Å²) in [6.07, 6.45) is 11.7. The number of amides is 1. The van der Waals surface area contributed by atoms with Crippen LogP contribution < -0.4 is 5.32 Å². The van der Waals surface area contributed by atoms with Gasteiger partial charge in [0, 0.05) is 6.04 Å². The SMILES string of the molecule is O=C(O)[C@H]1CC=CC[C@H]1C(=O)NC1CCCCCC1. The number of aliphatic carboxylic acids is 1. The minimum absolute atomic E-state index is 0.0661. The number of carbonyl (C=O) groups is 2. The average Bonchev–Trinajstić information content (AvgIpc) is 2.67. The van der Waals surface area contributed by atoms with E-state index >= 15 is 0 Å². The van der Waals surface area contributed by atoms with E-state index in [1.807, 2.05) is 12.2 Å². The zero-order valence-electron chi connectivity index (χ0n) is 11.3. The van der Waals surface area contributed by atoms with Crippen LogP contribution in [0.1, 0.15) is 51.4 Å². The standard InChI is InChI=1S/C15H23NO3/c17-14(16-11-7-3-1-2-4-8-11)12-9-5-6-10-13(12)15(18)19/h5-6,11-13H,1-4,7-10H2,(H,16,17)(H,18,19)/t12-,13+/m1/s1. The molecule has 19 heavy (non-hydrogen) atoms. The van der Waals surface area contributed by atoms with Crippen LogP contribution in [0.4, 0.5) is 0 Å². The van der Waals surface area contributed by atoms with E-state index in [1.54, 1.807) is 0 Å². The Morgan fingerprint density at radius 2 is 1.53 bits per heavy atom. The van der Waals surface area contributed by atoms with Crippen LogP contribution in [0.25, 0.3) is 0 Å². The Bertz CT molecular complexity index is 356. The van der Waals surface area contributed by atoms with Crippen molar-refractivity contribution in [2.75, 3.05) is 0 Å². The summed E-state index contributed by atoms with van der Waals surface area (Å²) in [5.74, 6) is -1.88. The Morgan fingerprint density at radius 1 is 0.947 bits per heavy atom. The molecule has 0 unspecified atom stereocenters. The van der Waals surface area contributed by atoms with Crippen LogP contribution in [0.2, 0.25) is 0 Å². The summed E-state index contributed by atoms with van der Waals surface area (Å²) in [5.41, 5.74) is 0. The highest BCUT2D eigenvalue weighted by atomic mass is 16.4. The van der Waals surface area contributed by atoms with Crippen molar-refractivity contribution >= 4 is 11.9 Å². The molecule has 2 aliphatic carbocycles. The molecule has 1 saturated carbocycles. The number of hydrogen-bond donors (Lipinski definition) is 2. The molecule has 2 aliphatic rings. The Kier molecular flexibility index (Phi) is 5.00. The number of rotatable bonds is 3. The van der Waals surface area contributed by atoms with Crippen molar-refractivity contribution in [3.05, 3.63) is 12.2 Å². The lowest BCUT2D eigenvalue weighted by atomic mass is 9.82. The van der Waals surface area contributed by atoms with Gasteiger partial charge in [-0.25, -0.2) is 0 Å². The topological polar surface area (TPSA) is 66.4 Å². The maximum atomic E-state index is 12.3. The van der Waals surface area contributed by atoms with Crippen LogP contribution >= 0.6 is 0 Å². The summed E-state index contributed by atoms with van der Waals surface area (Å²) in [5, 5.41) is 12.3. The average molecular weight is 265 g/mol.